The number of aromatic amines is 1. The molecule has 3 heterocycles. The van der Waals surface area contributed by atoms with Crippen LogP contribution < -0.4 is 5.56 Å². The molecule has 5 heteroatoms. The Morgan fingerprint density at radius 1 is 1.00 bits per heavy atom. The predicted molar refractivity (Wildman–Crippen MR) is 63.4 cm³/mol. The molecule has 0 amide bonds. The Kier molecular flexibility index (Phi) is 2.15. The van der Waals surface area contributed by atoms with Crippen molar-refractivity contribution < 1.29 is 0 Å². The lowest BCUT2D eigenvalue weighted by Gasteiger charge is -2.00. The molecule has 5 nitrogen and oxygen atoms in total. The van der Waals surface area contributed by atoms with Crippen LogP contribution in [0, 0.1) is 0 Å². The first-order chi connectivity index (χ1) is 8.34. The summed E-state index contributed by atoms with van der Waals surface area (Å²) in [7, 11) is 0. The molecule has 0 aromatic carbocycles. The third-order valence-corrected chi connectivity index (χ3v) is 2.37. The molecule has 0 spiro atoms. The minimum absolute atomic E-state index is 0.282. The average molecular weight is 224 g/mol. The number of nitrogens with zero attached hydrogens (tertiary/aromatic N) is 3. The normalized spacial score (nSPS) is 10.6. The summed E-state index contributed by atoms with van der Waals surface area (Å²) in [6.45, 7) is 0. The van der Waals surface area contributed by atoms with Crippen LogP contribution in [-0.2, 0) is 0 Å². The van der Waals surface area contributed by atoms with Crippen molar-refractivity contribution in [3.63, 3.8) is 0 Å². The molecule has 0 aliphatic heterocycles. The van der Waals surface area contributed by atoms with Gasteiger partial charge in [0, 0.05) is 12.4 Å². The van der Waals surface area contributed by atoms with E-state index in [0.29, 0.717) is 22.6 Å². The quantitative estimate of drug-likeness (QED) is 0.677. The Bertz CT molecular complexity index is 721. The van der Waals surface area contributed by atoms with Gasteiger partial charge in [0.25, 0.3) is 5.56 Å². The third kappa shape index (κ3) is 1.67. The Hall–Kier alpha value is -2.56. The number of pyridine rings is 2. The molecule has 3 aromatic heterocycles. The van der Waals surface area contributed by atoms with Gasteiger partial charge in [-0.15, -0.1) is 0 Å². The molecule has 3 rings (SSSR count). The van der Waals surface area contributed by atoms with Crippen LogP contribution in [0.2, 0.25) is 0 Å². The van der Waals surface area contributed by atoms with E-state index in [2.05, 4.69) is 19.9 Å². The Balaban J connectivity index is 2.31. The summed E-state index contributed by atoms with van der Waals surface area (Å²) in [5.41, 5.74) is 1.71. The van der Waals surface area contributed by atoms with Gasteiger partial charge in [-0.2, -0.15) is 0 Å². The zero-order chi connectivity index (χ0) is 11.7. The smallest absolute Gasteiger partial charge is 0.277 e. The summed E-state index contributed by atoms with van der Waals surface area (Å²) >= 11 is 0. The Morgan fingerprint density at radius 2 is 1.88 bits per heavy atom. The van der Waals surface area contributed by atoms with Gasteiger partial charge in [0.15, 0.2) is 11.3 Å². The maximum Gasteiger partial charge on any atom is 0.277 e. The molecule has 0 radical (unpaired) electrons. The summed E-state index contributed by atoms with van der Waals surface area (Å²) in [5, 5.41) is 0. The number of H-pyrrole nitrogens is 1. The van der Waals surface area contributed by atoms with Crippen molar-refractivity contribution >= 4 is 11.2 Å². The molecule has 0 unspecified atom stereocenters. The maximum atomic E-state index is 11.8. The fourth-order valence-electron chi connectivity index (χ4n) is 1.60. The van der Waals surface area contributed by atoms with Crippen LogP contribution in [-0.4, -0.2) is 19.9 Å². The monoisotopic (exact) mass is 224 g/mol. The van der Waals surface area contributed by atoms with Crippen LogP contribution in [0.5, 0.6) is 0 Å². The largest absolute Gasteiger partial charge is 0.303 e. The van der Waals surface area contributed by atoms with Gasteiger partial charge in [-0.25, -0.2) is 9.97 Å². The zero-order valence-corrected chi connectivity index (χ0v) is 8.79. The molecule has 0 aliphatic rings. The highest BCUT2D eigenvalue weighted by Crippen LogP contribution is 2.11. The number of fused-ring (bicyclic) bond motifs is 1. The van der Waals surface area contributed by atoms with Crippen LogP contribution in [0.3, 0.4) is 0 Å². The molecular formula is C12H8N4O. The molecule has 17 heavy (non-hydrogen) atoms. The van der Waals surface area contributed by atoms with Gasteiger partial charge >= 0.3 is 0 Å². The van der Waals surface area contributed by atoms with Gasteiger partial charge in [-0.3, -0.25) is 9.78 Å². The lowest BCUT2D eigenvalue weighted by Crippen LogP contribution is -2.12. The standard InChI is InChI=1S/C12H8N4O/c17-12-10(8-4-1-2-6-13-8)15-9-5-3-7-14-11(9)16-12/h1-7H,(H,14,16,17). The first kappa shape index (κ1) is 9.65. The molecule has 0 saturated heterocycles. The van der Waals surface area contributed by atoms with Crippen molar-refractivity contribution in [1.29, 1.82) is 0 Å². The van der Waals surface area contributed by atoms with Gasteiger partial charge in [-0.05, 0) is 24.3 Å². The molecule has 0 fully saturated rings. The second-order valence-corrected chi connectivity index (χ2v) is 3.50. The minimum atomic E-state index is -0.282. The minimum Gasteiger partial charge on any atom is -0.303 e. The number of nitrogens with one attached hydrogen (secondary N) is 1. The molecule has 3 aromatic rings. The van der Waals surface area contributed by atoms with E-state index in [-0.39, 0.29) is 5.56 Å². The maximum absolute atomic E-state index is 11.8. The van der Waals surface area contributed by atoms with Crippen LogP contribution in [0.15, 0.2) is 47.5 Å². The summed E-state index contributed by atoms with van der Waals surface area (Å²) in [6.07, 6.45) is 3.24. The van der Waals surface area contributed by atoms with E-state index < -0.39 is 0 Å². The van der Waals surface area contributed by atoms with E-state index in [9.17, 15) is 4.79 Å². The van der Waals surface area contributed by atoms with Crippen LogP contribution in [0.25, 0.3) is 22.6 Å². The molecule has 82 valence electrons. The predicted octanol–water partition coefficient (Wildman–Crippen LogP) is 1.38. The van der Waals surface area contributed by atoms with Crippen LogP contribution in [0.1, 0.15) is 0 Å². The fourth-order valence-corrected chi connectivity index (χ4v) is 1.60. The fraction of sp³-hybridized carbons (Fsp3) is 0. The number of hydrogen-bond donors (Lipinski definition) is 1. The molecular weight excluding hydrogens is 216 g/mol. The lowest BCUT2D eigenvalue weighted by atomic mass is 10.2. The van der Waals surface area contributed by atoms with Crippen molar-refractivity contribution in [3.05, 3.63) is 53.1 Å². The zero-order valence-electron chi connectivity index (χ0n) is 8.79. The Labute approximate surface area is 96.2 Å². The van der Waals surface area contributed by atoms with Crippen molar-refractivity contribution in [2.24, 2.45) is 0 Å². The molecule has 0 bridgehead atoms. The van der Waals surface area contributed by atoms with E-state index in [1.165, 1.54) is 0 Å². The van der Waals surface area contributed by atoms with Gasteiger partial charge < -0.3 is 4.98 Å². The highest BCUT2D eigenvalue weighted by molar-refractivity contribution is 5.72. The van der Waals surface area contributed by atoms with Gasteiger partial charge in [0.05, 0.1) is 5.69 Å². The summed E-state index contributed by atoms with van der Waals surface area (Å²) in [4.78, 5) is 27.0. The van der Waals surface area contributed by atoms with Crippen molar-refractivity contribution in [3.8, 4) is 11.4 Å². The third-order valence-electron chi connectivity index (χ3n) is 2.37. The Morgan fingerprint density at radius 3 is 2.71 bits per heavy atom. The topological polar surface area (TPSA) is 71.5 Å². The first-order valence-corrected chi connectivity index (χ1v) is 5.11. The van der Waals surface area contributed by atoms with E-state index in [0.717, 1.165) is 0 Å². The number of hydrogen-bond acceptors (Lipinski definition) is 4. The van der Waals surface area contributed by atoms with Crippen molar-refractivity contribution in [2.75, 3.05) is 0 Å². The summed E-state index contributed by atoms with van der Waals surface area (Å²) in [5.74, 6) is 0. The van der Waals surface area contributed by atoms with E-state index in [1.54, 1.807) is 36.7 Å². The van der Waals surface area contributed by atoms with E-state index >= 15 is 0 Å². The molecule has 0 aliphatic carbocycles. The first-order valence-electron chi connectivity index (χ1n) is 5.11. The van der Waals surface area contributed by atoms with Crippen LogP contribution >= 0.6 is 0 Å². The highest BCUT2D eigenvalue weighted by atomic mass is 16.1. The number of rotatable bonds is 1. The molecule has 1 N–H and O–H groups in total. The second-order valence-electron chi connectivity index (χ2n) is 3.50. The second kappa shape index (κ2) is 3.79. The van der Waals surface area contributed by atoms with Gasteiger partial charge in [0.2, 0.25) is 0 Å². The SMILES string of the molecule is O=c1[nH]c2ncccc2nc1-c1ccccn1. The molecule has 0 atom stereocenters. The number of aromatic nitrogens is 4. The van der Waals surface area contributed by atoms with Crippen LogP contribution in [0.4, 0.5) is 0 Å². The summed E-state index contributed by atoms with van der Waals surface area (Å²) < 4.78 is 0. The van der Waals surface area contributed by atoms with Crippen molar-refractivity contribution in [1.82, 2.24) is 19.9 Å². The van der Waals surface area contributed by atoms with E-state index in [1.807, 2.05) is 6.07 Å². The van der Waals surface area contributed by atoms with Gasteiger partial charge in [-0.1, -0.05) is 6.07 Å². The van der Waals surface area contributed by atoms with E-state index in [4.69, 9.17) is 0 Å². The van der Waals surface area contributed by atoms with Crippen molar-refractivity contribution in [2.45, 2.75) is 0 Å². The average Bonchev–Trinajstić information content (AvgIpc) is 2.39. The highest BCUT2D eigenvalue weighted by Gasteiger charge is 2.07. The molecule has 0 saturated carbocycles. The lowest BCUT2D eigenvalue weighted by molar-refractivity contribution is 1.15. The van der Waals surface area contributed by atoms with Gasteiger partial charge in [0.1, 0.15) is 5.52 Å². The summed E-state index contributed by atoms with van der Waals surface area (Å²) in [6, 6.07) is 8.93.